The maximum atomic E-state index is 13.2. The molecule has 1 atom stereocenters. The molecule has 9 nitrogen and oxygen atoms in total. The predicted molar refractivity (Wildman–Crippen MR) is 142 cm³/mol. The Hall–Kier alpha value is -3.99. The monoisotopic (exact) mass is 515 g/mol. The Kier molecular flexibility index (Phi) is 6.79. The number of hydrogen-bond acceptors (Lipinski definition) is 7. The van der Waals surface area contributed by atoms with E-state index in [0.717, 1.165) is 16.8 Å². The molecule has 0 spiro atoms. The van der Waals surface area contributed by atoms with Crippen molar-refractivity contribution in [3.63, 3.8) is 0 Å². The van der Waals surface area contributed by atoms with Crippen LogP contribution >= 0.6 is 11.6 Å². The first kappa shape index (κ1) is 24.7. The summed E-state index contributed by atoms with van der Waals surface area (Å²) in [7, 11) is -0.0347. The first-order valence-electron chi connectivity index (χ1n) is 11.5. The van der Waals surface area contributed by atoms with Crippen LogP contribution in [0, 0.1) is 6.92 Å². The van der Waals surface area contributed by atoms with Crippen molar-refractivity contribution in [2.45, 2.75) is 19.4 Å². The summed E-state index contributed by atoms with van der Waals surface area (Å²) < 4.78 is 7.40. The molecule has 0 radical (unpaired) electrons. The van der Waals surface area contributed by atoms with Crippen LogP contribution in [-0.4, -0.2) is 50.7 Å². The molecule has 0 saturated carbocycles. The number of aryl methyl sites for hydroxylation is 1. The summed E-state index contributed by atoms with van der Waals surface area (Å²) >= 11 is 6.15. The summed E-state index contributed by atoms with van der Waals surface area (Å²) in [6.45, 7) is 1.85. The number of halogens is 1. The first-order chi connectivity index (χ1) is 17.8. The van der Waals surface area contributed by atoms with Gasteiger partial charge in [0.2, 0.25) is 5.91 Å². The molecule has 3 N–H and O–H groups in total. The van der Waals surface area contributed by atoms with Gasteiger partial charge in [0.25, 0.3) is 0 Å². The zero-order valence-electron chi connectivity index (χ0n) is 20.1. The predicted octanol–water partition coefficient (Wildman–Crippen LogP) is 2.84. The van der Waals surface area contributed by atoms with Gasteiger partial charge < -0.3 is 20.1 Å². The number of methoxy groups -OCH3 is 1. The molecule has 37 heavy (non-hydrogen) atoms. The van der Waals surface area contributed by atoms with Crippen LogP contribution in [0.2, 0.25) is 5.02 Å². The van der Waals surface area contributed by atoms with Crippen LogP contribution in [-0.2, 0) is 4.79 Å². The molecule has 5 rings (SSSR count). The highest BCUT2D eigenvalue weighted by molar-refractivity contribution is 6.58. The topological polar surface area (TPSA) is 122 Å². The van der Waals surface area contributed by atoms with Crippen molar-refractivity contribution >= 4 is 41.5 Å². The fraction of sp³-hybridized carbons (Fsp3) is 0.154. The fourth-order valence-electron chi connectivity index (χ4n) is 4.34. The van der Waals surface area contributed by atoms with E-state index >= 15 is 0 Å². The van der Waals surface area contributed by atoms with Gasteiger partial charge in [0.15, 0.2) is 5.82 Å². The van der Waals surface area contributed by atoms with Crippen molar-refractivity contribution in [1.82, 2.24) is 14.8 Å². The van der Waals surface area contributed by atoms with E-state index in [1.807, 2.05) is 41.8 Å². The van der Waals surface area contributed by atoms with Gasteiger partial charge in [-0.3, -0.25) is 14.4 Å². The van der Waals surface area contributed by atoms with E-state index in [0.29, 0.717) is 33.8 Å². The first-order valence-corrected chi connectivity index (χ1v) is 11.9. The maximum absolute atomic E-state index is 13.2. The van der Waals surface area contributed by atoms with Gasteiger partial charge in [0, 0.05) is 21.8 Å². The van der Waals surface area contributed by atoms with Crippen LogP contribution in [0.15, 0.2) is 71.7 Å². The number of hydrogen-bond donors (Lipinski definition) is 3. The lowest BCUT2D eigenvalue weighted by molar-refractivity contribution is -0.116. The number of aliphatic imine (C=N–C) groups is 1. The third-order valence-corrected chi connectivity index (χ3v) is 6.35. The number of amides is 1. The molecule has 11 heteroatoms. The van der Waals surface area contributed by atoms with Gasteiger partial charge >= 0.3 is 7.12 Å². The molecule has 1 aromatic heterocycles. The molecule has 1 amide bonds. The SMILES string of the molecule is COc1ccc2c(c1)C(c1ccc(Cl)cc1)=NC(CC(=O)Nc1cccc(B(O)O)c1)c1nnc(C)n1-2. The molecule has 0 saturated heterocycles. The second-order valence-electron chi connectivity index (χ2n) is 8.58. The van der Waals surface area contributed by atoms with Crippen LogP contribution in [0.5, 0.6) is 5.75 Å². The number of benzene rings is 3. The molecule has 0 fully saturated rings. The molecule has 1 unspecified atom stereocenters. The summed E-state index contributed by atoms with van der Waals surface area (Å²) in [6, 6.07) is 18.8. The van der Waals surface area contributed by atoms with Crippen molar-refractivity contribution in [2.75, 3.05) is 12.4 Å². The molecule has 0 bridgehead atoms. The second-order valence-corrected chi connectivity index (χ2v) is 9.01. The van der Waals surface area contributed by atoms with Crippen LogP contribution < -0.4 is 15.5 Å². The Bertz CT molecular complexity index is 1500. The Morgan fingerprint density at radius 2 is 1.89 bits per heavy atom. The number of carbonyl (C=O) groups excluding carboxylic acids is 1. The number of ether oxygens (including phenoxy) is 1. The number of rotatable bonds is 6. The third kappa shape index (κ3) is 4.99. The molecule has 3 aromatic carbocycles. The summed E-state index contributed by atoms with van der Waals surface area (Å²) in [5, 5.41) is 31.0. The number of anilines is 1. The van der Waals surface area contributed by atoms with Crippen LogP contribution in [0.4, 0.5) is 5.69 Å². The largest absolute Gasteiger partial charge is 0.497 e. The Morgan fingerprint density at radius 1 is 1.11 bits per heavy atom. The highest BCUT2D eigenvalue weighted by Crippen LogP contribution is 2.34. The molecule has 1 aliphatic rings. The quantitative estimate of drug-likeness (QED) is 0.340. The van der Waals surface area contributed by atoms with Gasteiger partial charge in [-0.2, -0.15) is 0 Å². The lowest BCUT2D eigenvalue weighted by atomic mass is 9.80. The van der Waals surface area contributed by atoms with Crippen molar-refractivity contribution in [3.05, 3.63) is 94.5 Å². The summed E-state index contributed by atoms with van der Waals surface area (Å²) in [5.74, 6) is 1.53. The third-order valence-electron chi connectivity index (χ3n) is 6.10. The van der Waals surface area contributed by atoms with Crippen LogP contribution in [0.3, 0.4) is 0 Å². The molecule has 4 aromatic rings. The summed E-state index contributed by atoms with van der Waals surface area (Å²) in [6.07, 6.45) is -0.0216. The summed E-state index contributed by atoms with van der Waals surface area (Å²) in [4.78, 5) is 18.2. The average molecular weight is 516 g/mol. The smallest absolute Gasteiger partial charge is 0.488 e. The van der Waals surface area contributed by atoms with E-state index in [1.54, 1.807) is 37.4 Å². The Morgan fingerprint density at radius 3 is 2.62 bits per heavy atom. The second kappa shape index (κ2) is 10.2. The average Bonchev–Trinajstić information content (AvgIpc) is 3.21. The molecule has 186 valence electrons. The standard InChI is InChI=1S/C26H23BClN5O4/c1-15-31-32-26-22(14-24(34)29-19-5-3-4-17(12-19)27(35)36)30-25(16-6-8-18(28)9-7-16)21-13-20(37-2)10-11-23(21)33(15)26/h3-13,22,35-36H,14H2,1-2H3,(H,29,34). The van der Waals surface area contributed by atoms with Crippen LogP contribution in [0.1, 0.15) is 35.2 Å². The van der Waals surface area contributed by atoms with Gasteiger partial charge in [-0.25, -0.2) is 0 Å². The maximum Gasteiger partial charge on any atom is 0.488 e. The minimum absolute atomic E-state index is 0.0216. The van der Waals surface area contributed by atoms with Crippen molar-refractivity contribution < 1.29 is 19.6 Å². The normalized spacial score (nSPS) is 14.2. The molecule has 0 aliphatic carbocycles. The van der Waals surface area contributed by atoms with Crippen LogP contribution in [0.25, 0.3) is 5.69 Å². The van der Waals surface area contributed by atoms with Gasteiger partial charge in [0.05, 0.1) is 24.9 Å². The van der Waals surface area contributed by atoms with E-state index in [1.165, 1.54) is 6.07 Å². The molecule has 2 heterocycles. The number of nitrogens with one attached hydrogen (secondary N) is 1. The van der Waals surface area contributed by atoms with Gasteiger partial charge in [-0.1, -0.05) is 35.9 Å². The van der Waals surface area contributed by atoms with Gasteiger partial charge in [-0.05, 0) is 54.9 Å². The Balaban J connectivity index is 1.58. The lowest BCUT2D eigenvalue weighted by Crippen LogP contribution is -2.30. The van der Waals surface area contributed by atoms with E-state index in [2.05, 4.69) is 15.5 Å². The van der Waals surface area contributed by atoms with E-state index < -0.39 is 13.2 Å². The van der Waals surface area contributed by atoms with Crippen molar-refractivity contribution in [3.8, 4) is 11.4 Å². The van der Waals surface area contributed by atoms with Gasteiger partial charge in [-0.15, -0.1) is 10.2 Å². The number of nitrogens with zero attached hydrogens (tertiary/aromatic N) is 4. The fourth-order valence-corrected chi connectivity index (χ4v) is 4.47. The zero-order valence-corrected chi connectivity index (χ0v) is 20.8. The van der Waals surface area contributed by atoms with E-state index in [-0.39, 0.29) is 17.8 Å². The molecular formula is C26H23BClN5O4. The van der Waals surface area contributed by atoms with E-state index in [4.69, 9.17) is 21.3 Å². The lowest BCUT2D eigenvalue weighted by Gasteiger charge is -2.14. The number of aromatic nitrogens is 3. The van der Waals surface area contributed by atoms with Crippen molar-refractivity contribution in [2.24, 2.45) is 4.99 Å². The van der Waals surface area contributed by atoms with Gasteiger partial charge in [0.1, 0.15) is 17.6 Å². The minimum atomic E-state index is -1.64. The Labute approximate surface area is 218 Å². The number of carbonyl (C=O) groups is 1. The molecular weight excluding hydrogens is 493 g/mol. The summed E-state index contributed by atoms with van der Waals surface area (Å²) in [5.41, 5.74) is 3.83. The van der Waals surface area contributed by atoms with E-state index in [9.17, 15) is 14.8 Å². The zero-order chi connectivity index (χ0) is 26.1. The minimum Gasteiger partial charge on any atom is -0.497 e. The highest BCUT2D eigenvalue weighted by Gasteiger charge is 2.30. The van der Waals surface area contributed by atoms with Crippen molar-refractivity contribution in [1.29, 1.82) is 0 Å². The highest BCUT2D eigenvalue weighted by atomic mass is 35.5. The molecule has 1 aliphatic heterocycles. The number of fused-ring (bicyclic) bond motifs is 3.